The molecular formula is C24H32N2O3. The zero-order chi connectivity index (χ0) is 19.8. The molecule has 0 N–H and O–H groups in total. The highest BCUT2D eigenvalue weighted by Gasteiger charge is 2.47. The molecule has 0 bridgehead atoms. The van der Waals surface area contributed by atoms with Crippen molar-refractivity contribution in [1.82, 2.24) is 9.80 Å². The Morgan fingerprint density at radius 1 is 1.21 bits per heavy atom. The Hall–Kier alpha value is -1.85. The number of carbonyl (C=O) groups is 1. The van der Waals surface area contributed by atoms with Crippen molar-refractivity contribution in [2.45, 2.75) is 69.1 Å². The van der Waals surface area contributed by atoms with Crippen LogP contribution in [-0.4, -0.2) is 60.1 Å². The fourth-order valence-electron chi connectivity index (χ4n) is 5.92. The molecule has 3 atom stereocenters. The Bertz CT molecular complexity index is 864. The number of amides is 1. The molecule has 0 radical (unpaired) electrons. The Kier molecular flexibility index (Phi) is 5.12. The highest BCUT2D eigenvalue weighted by Crippen LogP contribution is 2.43. The second-order valence-corrected chi connectivity index (χ2v) is 9.19. The number of furan rings is 1. The summed E-state index contributed by atoms with van der Waals surface area (Å²) in [6.45, 7) is 3.22. The molecule has 2 aliphatic heterocycles. The van der Waals surface area contributed by atoms with Crippen LogP contribution in [0.3, 0.4) is 0 Å². The lowest BCUT2D eigenvalue weighted by atomic mass is 9.76. The number of ether oxygens (including phenoxy) is 1. The van der Waals surface area contributed by atoms with Crippen LogP contribution in [0.4, 0.5) is 0 Å². The van der Waals surface area contributed by atoms with Gasteiger partial charge in [-0.15, -0.1) is 0 Å². The second kappa shape index (κ2) is 7.77. The summed E-state index contributed by atoms with van der Waals surface area (Å²) in [6.07, 6.45) is 10.2. The lowest BCUT2D eigenvalue weighted by molar-refractivity contribution is -0.136. The third-order valence-corrected chi connectivity index (χ3v) is 7.53. The van der Waals surface area contributed by atoms with E-state index in [0.29, 0.717) is 12.5 Å². The van der Waals surface area contributed by atoms with Crippen LogP contribution in [-0.2, 0) is 16.0 Å². The third kappa shape index (κ3) is 3.59. The normalized spacial score (nSPS) is 30.4. The van der Waals surface area contributed by atoms with Crippen LogP contribution in [0.2, 0.25) is 0 Å². The van der Waals surface area contributed by atoms with Crippen LogP contribution in [0.5, 0.6) is 0 Å². The van der Waals surface area contributed by atoms with Crippen LogP contribution in [0.25, 0.3) is 11.0 Å². The van der Waals surface area contributed by atoms with E-state index < -0.39 is 0 Å². The Morgan fingerprint density at radius 3 is 2.86 bits per heavy atom. The lowest BCUT2D eigenvalue weighted by Gasteiger charge is -2.48. The van der Waals surface area contributed by atoms with E-state index in [0.717, 1.165) is 55.5 Å². The second-order valence-electron chi connectivity index (χ2n) is 9.19. The first-order valence-electron chi connectivity index (χ1n) is 11.2. The smallest absolute Gasteiger partial charge is 0.227 e. The first-order chi connectivity index (χ1) is 14.2. The third-order valence-electron chi connectivity index (χ3n) is 7.53. The average Bonchev–Trinajstić information content (AvgIpc) is 3.49. The number of hydrogen-bond donors (Lipinski definition) is 0. The van der Waals surface area contributed by atoms with E-state index in [4.69, 9.17) is 9.15 Å². The summed E-state index contributed by atoms with van der Waals surface area (Å²) in [7, 11) is 2.01. The summed E-state index contributed by atoms with van der Waals surface area (Å²) >= 11 is 0. The van der Waals surface area contributed by atoms with E-state index in [9.17, 15) is 4.79 Å². The fraction of sp³-hybridized carbons (Fsp3) is 0.625. The highest BCUT2D eigenvalue weighted by atomic mass is 16.5. The first kappa shape index (κ1) is 19.1. The molecule has 1 saturated carbocycles. The standard InChI is InChI=1S/C24H32N2O3/c1-25(23(27)16-18-6-4-7-22-19(18)9-15-28-22)20-8-11-24(10-5-14-29-24)17-21(20)26-12-2-3-13-26/h4,6-7,9,15,20-21H,2-3,5,8,10-14,16-17H2,1H3/t20?,21-,24-/m1/s1. The molecule has 1 aromatic carbocycles. The van der Waals surface area contributed by atoms with Gasteiger partial charge in [0.25, 0.3) is 0 Å². The molecule has 3 aliphatic rings. The summed E-state index contributed by atoms with van der Waals surface area (Å²) in [4.78, 5) is 18.0. The number of nitrogens with zero attached hydrogens (tertiary/aromatic N) is 2. The average molecular weight is 397 g/mol. The van der Waals surface area contributed by atoms with Gasteiger partial charge in [0.1, 0.15) is 5.58 Å². The van der Waals surface area contributed by atoms with Gasteiger partial charge in [0.15, 0.2) is 0 Å². The van der Waals surface area contributed by atoms with Crippen LogP contribution in [0.1, 0.15) is 50.5 Å². The summed E-state index contributed by atoms with van der Waals surface area (Å²) < 4.78 is 11.8. The molecule has 1 unspecified atom stereocenters. The lowest BCUT2D eigenvalue weighted by Crippen LogP contribution is -2.58. The van der Waals surface area contributed by atoms with Gasteiger partial charge in [-0.25, -0.2) is 0 Å². The minimum Gasteiger partial charge on any atom is -0.464 e. The summed E-state index contributed by atoms with van der Waals surface area (Å²) in [5.74, 6) is 0.205. The molecule has 5 rings (SSSR count). The van der Waals surface area contributed by atoms with Gasteiger partial charge in [0.05, 0.1) is 18.3 Å². The maximum absolute atomic E-state index is 13.3. The number of carbonyl (C=O) groups excluding carboxylic acids is 1. The van der Waals surface area contributed by atoms with E-state index in [2.05, 4.69) is 4.90 Å². The molecule has 2 aromatic rings. The van der Waals surface area contributed by atoms with Crippen molar-refractivity contribution in [3.05, 3.63) is 36.1 Å². The molecule has 2 saturated heterocycles. The van der Waals surface area contributed by atoms with Crippen LogP contribution in [0.15, 0.2) is 34.9 Å². The molecular weight excluding hydrogens is 364 g/mol. The first-order valence-corrected chi connectivity index (χ1v) is 11.2. The van der Waals surface area contributed by atoms with Crippen LogP contribution < -0.4 is 0 Å². The van der Waals surface area contributed by atoms with Crippen LogP contribution in [0, 0.1) is 0 Å². The maximum atomic E-state index is 13.3. The maximum Gasteiger partial charge on any atom is 0.227 e. The van der Waals surface area contributed by atoms with Gasteiger partial charge < -0.3 is 14.1 Å². The molecule has 1 spiro atoms. The van der Waals surface area contributed by atoms with Crippen molar-refractivity contribution in [2.24, 2.45) is 0 Å². The van der Waals surface area contributed by atoms with Crippen LogP contribution >= 0.6 is 0 Å². The van der Waals surface area contributed by atoms with Crippen molar-refractivity contribution in [1.29, 1.82) is 0 Å². The number of likely N-dealkylation sites (N-methyl/N-ethyl adjacent to an activating group) is 1. The molecule has 156 valence electrons. The van der Waals surface area contributed by atoms with Crippen molar-refractivity contribution < 1.29 is 13.9 Å². The molecule has 1 aromatic heterocycles. The highest BCUT2D eigenvalue weighted by molar-refractivity contribution is 5.87. The Labute approximate surface area is 173 Å². The minimum absolute atomic E-state index is 0.0655. The van der Waals surface area contributed by atoms with Crippen molar-refractivity contribution in [3.8, 4) is 0 Å². The van der Waals surface area contributed by atoms with E-state index in [1.165, 1.54) is 25.7 Å². The van der Waals surface area contributed by atoms with E-state index in [1.807, 2.05) is 36.2 Å². The molecule has 29 heavy (non-hydrogen) atoms. The SMILES string of the molecule is CN(C(=O)Cc1cccc2occc12)C1CC[C@]2(CCCO2)C[C@H]1N1CCCC1. The molecule has 5 heteroatoms. The molecule has 3 fully saturated rings. The van der Waals surface area contributed by atoms with Gasteiger partial charge >= 0.3 is 0 Å². The van der Waals surface area contributed by atoms with E-state index in [-0.39, 0.29) is 17.6 Å². The molecule has 3 heterocycles. The predicted octanol–water partition coefficient (Wildman–Crippen LogP) is 4.00. The van der Waals surface area contributed by atoms with Gasteiger partial charge in [-0.3, -0.25) is 9.69 Å². The molecule has 1 amide bonds. The van der Waals surface area contributed by atoms with Gasteiger partial charge in [0, 0.05) is 31.1 Å². The molecule has 5 nitrogen and oxygen atoms in total. The number of fused-ring (bicyclic) bond motifs is 1. The Balaban J connectivity index is 1.34. The van der Waals surface area contributed by atoms with E-state index in [1.54, 1.807) is 6.26 Å². The largest absolute Gasteiger partial charge is 0.464 e. The van der Waals surface area contributed by atoms with Crippen molar-refractivity contribution >= 4 is 16.9 Å². The number of benzene rings is 1. The minimum atomic E-state index is 0.0655. The van der Waals surface area contributed by atoms with Gasteiger partial charge in [0.2, 0.25) is 5.91 Å². The van der Waals surface area contributed by atoms with E-state index >= 15 is 0 Å². The number of rotatable bonds is 4. The van der Waals surface area contributed by atoms with Crippen molar-refractivity contribution in [2.75, 3.05) is 26.7 Å². The monoisotopic (exact) mass is 396 g/mol. The predicted molar refractivity (Wildman–Crippen MR) is 113 cm³/mol. The molecule has 1 aliphatic carbocycles. The number of hydrogen-bond acceptors (Lipinski definition) is 4. The summed E-state index contributed by atoms with van der Waals surface area (Å²) in [5.41, 5.74) is 1.97. The zero-order valence-corrected chi connectivity index (χ0v) is 17.4. The fourth-order valence-corrected chi connectivity index (χ4v) is 5.92. The van der Waals surface area contributed by atoms with Gasteiger partial charge in [-0.2, -0.15) is 0 Å². The quantitative estimate of drug-likeness (QED) is 0.784. The van der Waals surface area contributed by atoms with Crippen molar-refractivity contribution in [3.63, 3.8) is 0 Å². The Morgan fingerprint density at radius 2 is 2.07 bits per heavy atom. The topological polar surface area (TPSA) is 45.9 Å². The number of likely N-dealkylation sites (tertiary alicyclic amines) is 1. The summed E-state index contributed by atoms with van der Waals surface area (Å²) in [5, 5.41) is 1.05. The van der Waals surface area contributed by atoms with Gasteiger partial charge in [-0.05, 0) is 75.7 Å². The summed E-state index contributed by atoms with van der Waals surface area (Å²) in [6, 6.07) is 8.64. The zero-order valence-electron chi connectivity index (χ0n) is 17.4. The van der Waals surface area contributed by atoms with Gasteiger partial charge in [-0.1, -0.05) is 12.1 Å².